The van der Waals surface area contributed by atoms with Gasteiger partial charge in [0.1, 0.15) is 12.3 Å². The van der Waals surface area contributed by atoms with Crippen LogP contribution in [-0.2, 0) is 14.3 Å². The van der Waals surface area contributed by atoms with Crippen molar-refractivity contribution in [3.63, 3.8) is 0 Å². The molecule has 2 rings (SSSR count). The summed E-state index contributed by atoms with van der Waals surface area (Å²) < 4.78 is 10.7. The molecule has 6 heteroatoms. The highest BCUT2D eigenvalue weighted by atomic mass is 16.5. The van der Waals surface area contributed by atoms with Crippen molar-refractivity contribution in [2.75, 3.05) is 18.1 Å². The molecule has 0 spiro atoms. The molecule has 23 heavy (non-hydrogen) atoms. The van der Waals surface area contributed by atoms with Crippen LogP contribution in [0.25, 0.3) is 0 Å². The summed E-state index contributed by atoms with van der Waals surface area (Å²) in [4.78, 5) is 37.2. The number of anilines is 1. The van der Waals surface area contributed by atoms with E-state index in [4.69, 9.17) is 9.47 Å². The second kappa shape index (κ2) is 7.26. The van der Waals surface area contributed by atoms with Crippen molar-refractivity contribution in [2.24, 2.45) is 0 Å². The van der Waals surface area contributed by atoms with Crippen LogP contribution in [0.5, 0.6) is 5.75 Å². The van der Waals surface area contributed by atoms with Gasteiger partial charge >= 0.3 is 5.97 Å². The number of amides is 1. The Morgan fingerprint density at radius 3 is 2.74 bits per heavy atom. The summed E-state index contributed by atoms with van der Waals surface area (Å²) in [5.41, 5.74) is 0.882. The normalized spacial score (nSPS) is 16.6. The number of carbonyl (C=O) groups is 3. The number of Topliss-reactive ketones (excluding diaryl/α,β-unsaturated/α-hetero) is 1. The zero-order chi connectivity index (χ0) is 17.0. The minimum atomic E-state index is -0.686. The van der Waals surface area contributed by atoms with Gasteiger partial charge in [-0.05, 0) is 38.5 Å². The number of fused-ring (bicyclic) bond motifs is 1. The highest BCUT2D eigenvalue weighted by Crippen LogP contribution is 2.35. The van der Waals surface area contributed by atoms with Gasteiger partial charge in [-0.15, -0.1) is 0 Å². The van der Waals surface area contributed by atoms with Gasteiger partial charge in [0.15, 0.2) is 11.9 Å². The Kier molecular flexibility index (Phi) is 5.36. The summed E-state index contributed by atoms with van der Waals surface area (Å²) in [5.74, 6) is -0.446. The van der Waals surface area contributed by atoms with E-state index in [0.717, 1.165) is 12.8 Å². The lowest BCUT2D eigenvalue weighted by Gasteiger charge is -2.32. The van der Waals surface area contributed by atoms with E-state index in [1.807, 2.05) is 6.92 Å². The van der Waals surface area contributed by atoms with Gasteiger partial charge in [0.25, 0.3) is 5.91 Å². The maximum atomic E-state index is 12.3. The molecule has 1 amide bonds. The van der Waals surface area contributed by atoms with Crippen molar-refractivity contribution in [1.82, 2.24) is 0 Å². The first-order chi connectivity index (χ1) is 10.9. The molecule has 124 valence electrons. The molecule has 0 radical (unpaired) electrons. The lowest BCUT2D eigenvalue weighted by molar-refractivity contribution is -0.143. The second-order valence-electron chi connectivity index (χ2n) is 5.50. The van der Waals surface area contributed by atoms with Crippen LogP contribution in [0.1, 0.15) is 44.0 Å². The minimum absolute atomic E-state index is 0.121. The molecule has 0 saturated carbocycles. The smallest absolute Gasteiger partial charge is 0.326 e. The summed E-state index contributed by atoms with van der Waals surface area (Å²) in [6, 6.07) is 4.85. The van der Waals surface area contributed by atoms with Crippen LogP contribution in [0.15, 0.2) is 18.2 Å². The number of carbonyl (C=O) groups excluding carboxylic acids is 3. The summed E-state index contributed by atoms with van der Waals surface area (Å²) >= 11 is 0. The van der Waals surface area contributed by atoms with Gasteiger partial charge in [0, 0.05) is 5.56 Å². The highest BCUT2D eigenvalue weighted by Gasteiger charge is 2.33. The van der Waals surface area contributed by atoms with E-state index in [1.165, 1.54) is 11.8 Å². The fourth-order valence-corrected chi connectivity index (χ4v) is 2.29. The average molecular weight is 319 g/mol. The highest BCUT2D eigenvalue weighted by molar-refractivity contribution is 6.04. The molecular weight excluding hydrogens is 298 g/mol. The lowest BCUT2D eigenvalue weighted by Crippen LogP contribution is -2.47. The predicted molar refractivity (Wildman–Crippen MR) is 84.8 cm³/mol. The van der Waals surface area contributed by atoms with E-state index >= 15 is 0 Å². The number of unbranched alkanes of at least 4 members (excludes halogenated alkanes) is 1. The number of hydrogen-bond acceptors (Lipinski definition) is 5. The summed E-state index contributed by atoms with van der Waals surface area (Å²) in [7, 11) is 0. The third-order valence-corrected chi connectivity index (χ3v) is 3.62. The van der Waals surface area contributed by atoms with E-state index in [9.17, 15) is 14.4 Å². The van der Waals surface area contributed by atoms with Crippen LogP contribution in [0.3, 0.4) is 0 Å². The molecule has 1 aromatic rings. The number of hydrogen-bond donors (Lipinski definition) is 0. The fourth-order valence-electron chi connectivity index (χ4n) is 2.29. The topological polar surface area (TPSA) is 72.9 Å². The van der Waals surface area contributed by atoms with E-state index in [-0.39, 0.29) is 18.2 Å². The zero-order valence-electron chi connectivity index (χ0n) is 13.6. The largest absolute Gasteiger partial charge is 0.479 e. The SMILES string of the molecule is CCCCOC(=O)CN1C(=O)C(C)Oc2ccc(C(C)=O)cc21. The van der Waals surface area contributed by atoms with E-state index in [2.05, 4.69) is 0 Å². The Labute approximate surface area is 135 Å². The van der Waals surface area contributed by atoms with Gasteiger partial charge in [-0.25, -0.2) is 0 Å². The summed E-state index contributed by atoms with van der Waals surface area (Å²) in [6.45, 7) is 5.22. The van der Waals surface area contributed by atoms with Crippen LogP contribution >= 0.6 is 0 Å². The number of ketones is 1. The third-order valence-electron chi connectivity index (χ3n) is 3.62. The number of esters is 1. The second-order valence-corrected chi connectivity index (χ2v) is 5.50. The standard InChI is InChI=1S/C17H21NO5/c1-4-5-8-22-16(20)10-18-14-9-13(11(2)19)6-7-15(14)23-12(3)17(18)21/h6-7,9,12H,4-5,8,10H2,1-3H3. The maximum Gasteiger partial charge on any atom is 0.326 e. The first-order valence-corrected chi connectivity index (χ1v) is 7.72. The quantitative estimate of drug-likeness (QED) is 0.457. The molecule has 6 nitrogen and oxygen atoms in total. The molecule has 0 aliphatic carbocycles. The molecule has 0 bridgehead atoms. The molecular formula is C17H21NO5. The van der Waals surface area contributed by atoms with Gasteiger partial charge in [0.05, 0.1) is 12.3 Å². The summed E-state index contributed by atoms with van der Waals surface area (Å²) in [6.07, 6.45) is 1.02. The minimum Gasteiger partial charge on any atom is -0.479 e. The van der Waals surface area contributed by atoms with Crippen molar-refractivity contribution < 1.29 is 23.9 Å². The van der Waals surface area contributed by atoms with Gasteiger partial charge in [-0.3, -0.25) is 19.3 Å². The van der Waals surface area contributed by atoms with Crippen LogP contribution in [0.2, 0.25) is 0 Å². The van der Waals surface area contributed by atoms with E-state index < -0.39 is 12.1 Å². The number of ether oxygens (including phenoxy) is 2. The van der Waals surface area contributed by atoms with Gasteiger partial charge in [0.2, 0.25) is 0 Å². The molecule has 1 aliphatic heterocycles. The molecule has 1 atom stereocenters. The first-order valence-electron chi connectivity index (χ1n) is 7.72. The van der Waals surface area contributed by atoms with Crippen molar-refractivity contribution in [3.8, 4) is 5.75 Å². The molecule has 1 heterocycles. The molecule has 0 fully saturated rings. The fraction of sp³-hybridized carbons (Fsp3) is 0.471. The average Bonchev–Trinajstić information content (AvgIpc) is 2.51. The number of rotatable bonds is 6. The first kappa shape index (κ1) is 17.0. The van der Waals surface area contributed by atoms with E-state index in [1.54, 1.807) is 25.1 Å². The van der Waals surface area contributed by atoms with Crippen LogP contribution in [-0.4, -0.2) is 36.9 Å². The van der Waals surface area contributed by atoms with Gasteiger partial charge in [-0.1, -0.05) is 13.3 Å². The lowest BCUT2D eigenvalue weighted by atomic mass is 10.1. The number of nitrogens with zero attached hydrogens (tertiary/aromatic N) is 1. The van der Waals surface area contributed by atoms with Crippen LogP contribution in [0, 0.1) is 0 Å². The number of benzene rings is 1. The van der Waals surface area contributed by atoms with Crippen LogP contribution in [0.4, 0.5) is 5.69 Å². The monoisotopic (exact) mass is 319 g/mol. The molecule has 0 N–H and O–H groups in total. The van der Waals surface area contributed by atoms with Crippen molar-refractivity contribution in [1.29, 1.82) is 0 Å². The molecule has 1 aliphatic rings. The molecule has 0 aromatic heterocycles. The predicted octanol–water partition coefficient (Wildman–Crippen LogP) is 2.35. The van der Waals surface area contributed by atoms with Crippen molar-refractivity contribution >= 4 is 23.3 Å². The van der Waals surface area contributed by atoms with Crippen LogP contribution < -0.4 is 9.64 Å². The molecule has 1 aromatic carbocycles. The third kappa shape index (κ3) is 3.88. The van der Waals surface area contributed by atoms with Gasteiger partial charge < -0.3 is 9.47 Å². The Morgan fingerprint density at radius 2 is 2.09 bits per heavy atom. The molecule has 0 saturated heterocycles. The maximum absolute atomic E-state index is 12.3. The molecule has 1 unspecified atom stereocenters. The Balaban J connectivity index is 2.24. The summed E-state index contributed by atoms with van der Waals surface area (Å²) in [5, 5.41) is 0. The van der Waals surface area contributed by atoms with Gasteiger partial charge in [-0.2, -0.15) is 0 Å². The van der Waals surface area contributed by atoms with Crippen molar-refractivity contribution in [2.45, 2.75) is 39.7 Å². The van der Waals surface area contributed by atoms with Crippen molar-refractivity contribution in [3.05, 3.63) is 23.8 Å². The zero-order valence-corrected chi connectivity index (χ0v) is 13.6. The van der Waals surface area contributed by atoms with E-state index in [0.29, 0.717) is 23.6 Å². The Morgan fingerprint density at radius 1 is 1.35 bits per heavy atom. The Bertz CT molecular complexity index is 625. The Hall–Kier alpha value is -2.37.